The summed E-state index contributed by atoms with van der Waals surface area (Å²) in [4.78, 5) is 35.2. The van der Waals surface area contributed by atoms with Crippen LogP contribution in [-0.4, -0.2) is 42.3 Å². The lowest BCUT2D eigenvalue weighted by molar-refractivity contribution is -0.126. The number of rotatable bonds is 7. The summed E-state index contributed by atoms with van der Waals surface area (Å²) in [6.07, 6.45) is 6.86. The van der Waals surface area contributed by atoms with E-state index < -0.39 is 0 Å². The highest BCUT2D eigenvalue weighted by Crippen LogP contribution is 2.06. The molecule has 0 spiro atoms. The summed E-state index contributed by atoms with van der Waals surface area (Å²) >= 11 is 0. The molecule has 1 saturated heterocycles. The second kappa shape index (κ2) is 7.63. The summed E-state index contributed by atoms with van der Waals surface area (Å²) in [6.45, 7) is 4.07. The van der Waals surface area contributed by atoms with Crippen LogP contribution >= 0.6 is 0 Å². The molecule has 0 bridgehead atoms. The average Bonchev–Trinajstić information content (AvgIpc) is 2.74. The van der Waals surface area contributed by atoms with Crippen molar-refractivity contribution in [2.45, 2.75) is 20.3 Å². The van der Waals surface area contributed by atoms with Gasteiger partial charge in [-0.3, -0.25) is 14.4 Å². The molecule has 0 aromatic carbocycles. The van der Waals surface area contributed by atoms with E-state index in [1.807, 2.05) is 0 Å². The predicted molar refractivity (Wildman–Crippen MR) is 70.3 cm³/mol. The Kier molecular flexibility index (Phi) is 6.15. The molecule has 0 aromatic heterocycles. The molecule has 1 atom stereocenters. The Morgan fingerprint density at radius 1 is 1.37 bits per heavy atom. The number of hydrogen-bond acceptors (Lipinski definition) is 4. The molecular weight excluding hydrogens is 246 g/mol. The third kappa shape index (κ3) is 5.61. The van der Waals surface area contributed by atoms with Gasteiger partial charge in [-0.2, -0.15) is 0 Å². The van der Waals surface area contributed by atoms with E-state index in [9.17, 15) is 14.4 Å². The van der Waals surface area contributed by atoms with E-state index in [1.54, 1.807) is 19.1 Å². The molecule has 1 unspecified atom stereocenters. The summed E-state index contributed by atoms with van der Waals surface area (Å²) in [5.74, 6) is -0.268. The van der Waals surface area contributed by atoms with Gasteiger partial charge < -0.3 is 9.64 Å². The maximum Gasteiger partial charge on any atom is 0.250 e. The van der Waals surface area contributed by atoms with Gasteiger partial charge in [-0.15, -0.1) is 0 Å². The fourth-order valence-electron chi connectivity index (χ4n) is 1.58. The standard InChI is InChI=1S/C14H19NO4/c1-11(5-3-6-12(2)16)13(17)7-4-8-15-10-19-9-14(15)18/h3-4,6-7,11H,5,8-10H2,1-2H3/b6-3+,7-4+. The van der Waals surface area contributed by atoms with Gasteiger partial charge in [0.25, 0.3) is 5.91 Å². The molecule has 0 aliphatic carbocycles. The molecule has 1 amide bonds. The first kappa shape index (κ1) is 15.3. The number of carbonyl (C=O) groups is 3. The zero-order valence-electron chi connectivity index (χ0n) is 11.3. The third-order valence-electron chi connectivity index (χ3n) is 2.76. The normalized spacial score (nSPS) is 17.6. The van der Waals surface area contributed by atoms with Crippen molar-refractivity contribution in [2.24, 2.45) is 5.92 Å². The van der Waals surface area contributed by atoms with Crippen molar-refractivity contribution in [3.8, 4) is 0 Å². The van der Waals surface area contributed by atoms with Crippen molar-refractivity contribution in [1.82, 2.24) is 4.90 Å². The maximum absolute atomic E-state index is 11.7. The van der Waals surface area contributed by atoms with E-state index in [-0.39, 0.29) is 36.7 Å². The van der Waals surface area contributed by atoms with Crippen LogP contribution in [0.15, 0.2) is 24.3 Å². The van der Waals surface area contributed by atoms with Crippen LogP contribution in [0.1, 0.15) is 20.3 Å². The monoisotopic (exact) mass is 265 g/mol. The third-order valence-corrected chi connectivity index (χ3v) is 2.76. The van der Waals surface area contributed by atoms with Gasteiger partial charge >= 0.3 is 0 Å². The molecule has 19 heavy (non-hydrogen) atoms. The second-order valence-corrected chi connectivity index (χ2v) is 4.55. The molecule has 104 valence electrons. The molecule has 0 aromatic rings. The number of allylic oxidation sites excluding steroid dienone is 3. The van der Waals surface area contributed by atoms with Gasteiger partial charge in [-0.1, -0.05) is 19.1 Å². The van der Waals surface area contributed by atoms with E-state index in [0.717, 1.165) is 0 Å². The lowest BCUT2D eigenvalue weighted by atomic mass is 10.0. The van der Waals surface area contributed by atoms with Crippen LogP contribution in [0.4, 0.5) is 0 Å². The van der Waals surface area contributed by atoms with E-state index in [0.29, 0.717) is 13.0 Å². The largest absolute Gasteiger partial charge is 0.351 e. The molecule has 1 aliphatic heterocycles. The Bertz CT molecular complexity index is 412. The Hall–Kier alpha value is -1.75. The van der Waals surface area contributed by atoms with Crippen molar-refractivity contribution in [3.05, 3.63) is 24.3 Å². The zero-order valence-corrected chi connectivity index (χ0v) is 11.3. The predicted octanol–water partition coefficient (Wildman–Crippen LogP) is 1.10. The van der Waals surface area contributed by atoms with Gasteiger partial charge in [0.1, 0.15) is 13.3 Å². The van der Waals surface area contributed by atoms with E-state index >= 15 is 0 Å². The minimum Gasteiger partial charge on any atom is -0.351 e. The number of amides is 1. The van der Waals surface area contributed by atoms with Crippen LogP contribution < -0.4 is 0 Å². The minimum atomic E-state index is -0.169. The summed E-state index contributed by atoms with van der Waals surface area (Å²) < 4.78 is 4.97. The molecule has 1 aliphatic rings. The van der Waals surface area contributed by atoms with Crippen molar-refractivity contribution < 1.29 is 19.1 Å². The molecule has 1 fully saturated rings. The molecular formula is C14H19NO4. The fourth-order valence-corrected chi connectivity index (χ4v) is 1.58. The lowest BCUT2D eigenvalue weighted by Crippen LogP contribution is -2.25. The topological polar surface area (TPSA) is 63.7 Å². The molecule has 0 saturated carbocycles. The first-order valence-electron chi connectivity index (χ1n) is 6.23. The molecule has 0 radical (unpaired) electrons. The van der Waals surface area contributed by atoms with E-state index in [4.69, 9.17) is 4.74 Å². The minimum absolute atomic E-state index is 0.0132. The molecule has 5 nitrogen and oxygen atoms in total. The smallest absolute Gasteiger partial charge is 0.250 e. The van der Waals surface area contributed by atoms with Crippen LogP contribution in [0.3, 0.4) is 0 Å². The summed E-state index contributed by atoms with van der Waals surface area (Å²) in [6, 6.07) is 0. The quantitative estimate of drug-likeness (QED) is 0.647. The van der Waals surface area contributed by atoms with Crippen LogP contribution in [-0.2, 0) is 19.1 Å². The highest BCUT2D eigenvalue weighted by Gasteiger charge is 2.19. The summed E-state index contributed by atoms with van der Waals surface area (Å²) in [7, 11) is 0. The SMILES string of the molecule is CC(=O)/C=C/CC(C)C(=O)/C=C/CN1COCC1=O. The average molecular weight is 265 g/mol. The van der Waals surface area contributed by atoms with Crippen molar-refractivity contribution in [1.29, 1.82) is 0 Å². The van der Waals surface area contributed by atoms with Gasteiger partial charge in [0, 0.05) is 12.5 Å². The van der Waals surface area contributed by atoms with Crippen LogP contribution in [0, 0.1) is 5.92 Å². The van der Waals surface area contributed by atoms with Crippen LogP contribution in [0.5, 0.6) is 0 Å². The van der Waals surface area contributed by atoms with E-state index in [2.05, 4.69) is 0 Å². The van der Waals surface area contributed by atoms with Crippen LogP contribution in [0.25, 0.3) is 0 Å². The van der Waals surface area contributed by atoms with Gasteiger partial charge in [0.05, 0.1) is 0 Å². The Morgan fingerprint density at radius 2 is 2.11 bits per heavy atom. The van der Waals surface area contributed by atoms with Gasteiger partial charge in [-0.05, 0) is 25.5 Å². The first-order valence-corrected chi connectivity index (χ1v) is 6.23. The first-order chi connectivity index (χ1) is 9.00. The summed E-state index contributed by atoms with van der Waals surface area (Å²) in [5.41, 5.74) is 0. The Balaban J connectivity index is 2.32. The second-order valence-electron chi connectivity index (χ2n) is 4.55. The van der Waals surface area contributed by atoms with Gasteiger partial charge in [0.15, 0.2) is 11.6 Å². The van der Waals surface area contributed by atoms with Crippen LogP contribution in [0.2, 0.25) is 0 Å². The molecule has 1 rings (SSSR count). The van der Waals surface area contributed by atoms with E-state index in [1.165, 1.54) is 24.0 Å². The number of carbonyl (C=O) groups excluding carboxylic acids is 3. The highest BCUT2D eigenvalue weighted by atomic mass is 16.5. The number of ether oxygens (including phenoxy) is 1. The van der Waals surface area contributed by atoms with Gasteiger partial charge in [0.2, 0.25) is 0 Å². The highest BCUT2D eigenvalue weighted by molar-refractivity contribution is 5.92. The summed E-state index contributed by atoms with van der Waals surface area (Å²) in [5, 5.41) is 0. The zero-order chi connectivity index (χ0) is 14.3. The lowest BCUT2D eigenvalue weighted by Gasteiger charge is -2.10. The number of ketones is 2. The van der Waals surface area contributed by atoms with Crippen molar-refractivity contribution >= 4 is 17.5 Å². The Labute approximate surface area is 112 Å². The fraction of sp³-hybridized carbons (Fsp3) is 0.500. The molecule has 0 N–H and O–H groups in total. The maximum atomic E-state index is 11.7. The van der Waals surface area contributed by atoms with Crippen molar-refractivity contribution in [3.63, 3.8) is 0 Å². The van der Waals surface area contributed by atoms with Crippen molar-refractivity contribution in [2.75, 3.05) is 19.9 Å². The number of nitrogens with zero attached hydrogens (tertiary/aromatic N) is 1. The molecule has 1 heterocycles. The Morgan fingerprint density at radius 3 is 2.68 bits per heavy atom. The molecule has 5 heteroatoms. The number of hydrogen-bond donors (Lipinski definition) is 0. The van der Waals surface area contributed by atoms with Gasteiger partial charge in [-0.25, -0.2) is 0 Å².